The molecule has 4 heteroatoms. The molecule has 2 atom stereocenters. The normalized spacial score (nSPS) is 14.4. The van der Waals surface area contributed by atoms with E-state index in [4.69, 9.17) is 9.16 Å². The first-order chi connectivity index (χ1) is 15.1. The van der Waals surface area contributed by atoms with Gasteiger partial charge in [-0.1, -0.05) is 96.2 Å². The summed E-state index contributed by atoms with van der Waals surface area (Å²) < 4.78 is 11.8. The van der Waals surface area contributed by atoms with Crippen molar-refractivity contribution in [3.05, 3.63) is 53.6 Å². The van der Waals surface area contributed by atoms with Crippen LogP contribution >= 0.6 is 0 Å². The SMILES string of the molecule is CCCCCCCCC(C=CC=Cc1cccc(C(O[Si](C)C)C(C)(C)C)c1)OC(C)=O. The first-order valence-corrected chi connectivity index (χ1v) is 14.6. The molecule has 1 aromatic rings. The summed E-state index contributed by atoms with van der Waals surface area (Å²) in [5.74, 6) is -0.219. The van der Waals surface area contributed by atoms with Crippen molar-refractivity contribution in [3.8, 4) is 0 Å². The molecule has 32 heavy (non-hydrogen) atoms. The van der Waals surface area contributed by atoms with Crippen molar-refractivity contribution in [1.29, 1.82) is 0 Å². The summed E-state index contributed by atoms with van der Waals surface area (Å²) >= 11 is 0. The summed E-state index contributed by atoms with van der Waals surface area (Å²) in [6, 6.07) is 8.58. The third-order valence-corrected chi connectivity index (χ3v) is 5.95. The second kappa shape index (κ2) is 15.2. The van der Waals surface area contributed by atoms with Crippen molar-refractivity contribution in [2.75, 3.05) is 0 Å². The number of carbonyl (C=O) groups is 1. The van der Waals surface area contributed by atoms with Gasteiger partial charge in [-0.2, -0.15) is 0 Å². The monoisotopic (exact) mass is 457 g/mol. The quantitative estimate of drug-likeness (QED) is 0.122. The van der Waals surface area contributed by atoms with Crippen LogP contribution in [0.3, 0.4) is 0 Å². The molecule has 0 aromatic heterocycles. The zero-order valence-electron chi connectivity index (χ0n) is 21.4. The number of ether oxygens (including phenoxy) is 1. The standard InChI is InChI=1S/C28H45O3Si/c1-8-9-10-11-12-13-20-26(30-23(2)29)21-15-14-17-24-18-16-19-25(22-24)27(28(3,4)5)31-32(6)7/h14-19,21-22,26-27H,8-13,20H2,1-7H3. The van der Waals surface area contributed by atoms with Crippen LogP contribution in [0.5, 0.6) is 0 Å². The highest BCUT2D eigenvalue weighted by molar-refractivity contribution is 6.48. The fourth-order valence-corrected chi connectivity index (χ4v) is 4.66. The summed E-state index contributed by atoms with van der Waals surface area (Å²) in [6.07, 6.45) is 16.3. The van der Waals surface area contributed by atoms with E-state index in [2.05, 4.69) is 71.1 Å². The highest BCUT2D eigenvalue weighted by Gasteiger charge is 2.28. The van der Waals surface area contributed by atoms with Crippen LogP contribution in [0.15, 0.2) is 42.5 Å². The molecule has 1 rings (SSSR count). The van der Waals surface area contributed by atoms with E-state index >= 15 is 0 Å². The van der Waals surface area contributed by atoms with Gasteiger partial charge in [0.1, 0.15) is 6.10 Å². The van der Waals surface area contributed by atoms with Crippen LogP contribution < -0.4 is 0 Å². The lowest BCUT2D eigenvalue weighted by atomic mass is 9.84. The first-order valence-electron chi connectivity index (χ1n) is 12.2. The maximum Gasteiger partial charge on any atom is 0.303 e. The molecule has 0 spiro atoms. The smallest absolute Gasteiger partial charge is 0.303 e. The molecule has 179 valence electrons. The zero-order valence-corrected chi connectivity index (χ0v) is 22.4. The Kier molecular flexibility index (Phi) is 13.5. The van der Waals surface area contributed by atoms with Crippen LogP contribution in [-0.2, 0) is 14.0 Å². The molecule has 0 saturated heterocycles. The summed E-state index contributed by atoms with van der Waals surface area (Å²) in [6.45, 7) is 14.8. The molecule has 0 aliphatic carbocycles. The van der Waals surface area contributed by atoms with Gasteiger partial charge in [-0.05, 0) is 54.6 Å². The van der Waals surface area contributed by atoms with Crippen LogP contribution in [0.1, 0.15) is 96.8 Å². The van der Waals surface area contributed by atoms with E-state index in [9.17, 15) is 4.79 Å². The highest BCUT2D eigenvalue weighted by atomic mass is 28.3. The Labute approximate surface area is 199 Å². The van der Waals surface area contributed by atoms with E-state index in [1.165, 1.54) is 44.6 Å². The number of benzene rings is 1. The number of unbranched alkanes of at least 4 members (excludes halogenated alkanes) is 5. The minimum absolute atomic E-state index is 0.0396. The van der Waals surface area contributed by atoms with Gasteiger partial charge >= 0.3 is 5.97 Å². The Morgan fingerprint density at radius 1 is 1.06 bits per heavy atom. The van der Waals surface area contributed by atoms with E-state index in [1.807, 2.05) is 18.2 Å². The number of esters is 1. The lowest BCUT2D eigenvalue weighted by Crippen LogP contribution is -2.25. The summed E-state index contributed by atoms with van der Waals surface area (Å²) in [5.41, 5.74) is 2.40. The largest absolute Gasteiger partial charge is 0.458 e. The van der Waals surface area contributed by atoms with Gasteiger partial charge in [0.15, 0.2) is 0 Å². The first kappa shape index (κ1) is 28.4. The average molecular weight is 458 g/mol. The molecule has 0 heterocycles. The number of rotatable bonds is 14. The molecular formula is C28H45O3Si. The number of allylic oxidation sites excluding steroid dienone is 2. The van der Waals surface area contributed by atoms with Gasteiger partial charge in [-0.15, -0.1) is 0 Å². The zero-order chi connectivity index (χ0) is 24.0. The second-order valence-electron chi connectivity index (χ2n) is 9.89. The molecule has 1 aromatic carbocycles. The van der Waals surface area contributed by atoms with E-state index in [0.717, 1.165) is 18.4 Å². The van der Waals surface area contributed by atoms with Gasteiger partial charge in [-0.3, -0.25) is 4.79 Å². The molecule has 0 amide bonds. The van der Waals surface area contributed by atoms with Crippen molar-refractivity contribution >= 4 is 21.1 Å². The number of carbonyl (C=O) groups excluding carboxylic acids is 1. The molecule has 0 bridgehead atoms. The molecule has 2 unspecified atom stereocenters. The second-order valence-corrected chi connectivity index (χ2v) is 11.9. The lowest BCUT2D eigenvalue weighted by Gasteiger charge is -2.33. The Hall–Kier alpha value is -1.65. The maximum absolute atomic E-state index is 11.5. The third kappa shape index (κ3) is 12.4. The van der Waals surface area contributed by atoms with Crippen LogP contribution in [0.25, 0.3) is 6.08 Å². The van der Waals surface area contributed by atoms with Gasteiger partial charge in [0.25, 0.3) is 0 Å². The topological polar surface area (TPSA) is 35.5 Å². The van der Waals surface area contributed by atoms with E-state index in [1.54, 1.807) is 0 Å². The summed E-state index contributed by atoms with van der Waals surface area (Å²) in [7, 11) is -0.800. The Morgan fingerprint density at radius 3 is 2.38 bits per heavy atom. The van der Waals surface area contributed by atoms with Gasteiger partial charge in [0.05, 0.1) is 6.10 Å². The molecule has 0 aliphatic heterocycles. The molecule has 0 saturated carbocycles. The van der Waals surface area contributed by atoms with Gasteiger partial charge in [0.2, 0.25) is 9.04 Å². The average Bonchev–Trinajstić information content (AvgIpc) is 2.70. The summed E-state index contributed by atoms with van der Waals surface area (Å²) in [5, 5.41) is 0. The Balaban J connectivity index is 2.74. The van der Waals surface area contributed by atoms with Gasteiger partial charge < -0.3 is 9.16 Å². The van der Waals surface area contributed by atoms with Crippen LogP contribution in [-0.4, -0.2) is 21.1 Å². The molecular weight excluding hydrogens is 412 g/mol. The molecule has 1 radical (unpaired) electrons. The van der Waals surface area contributed by atoms with E-state index in [-0.39, 0.29) is 23.6 Å². The summed E-state index contributed by atoms with van der Waals surface area (Å²) in [4.78, 5) is 11.5. The van der Waals surface area contributed by atoms with Crippen molar-refractivity contribution in [1.82, 2.24) is 0 Å². The van der Waals surface area contributed by atoms with Crippen LogP contribution in [0.4, 0.5) is 0 Å². The van der Waals surface area contributed by atoms with Crippen LogP contribution in [0.2, 0.25) is 13.1 Å². The molecule has 0 N–H and O–H groups in total. The fraction of sp³-hybridized carbons (Fsp3) is 0.607. The predicted molar refractivity (Wildman–Crippen MR) is 139 cm³/mol. The highest BCUT2D eigenvalue weighted by Crippen LogP contribution is 2.37. The minimum Gasteiger partial charge on any atom is -0.458 e. The van der Waals surface area contributed by atoms with Crippen LogP contribution in [0, 0.1) is 5.41 Å². The molecule has 0 aliphatic rings. The number of hydrogen-bond donors (Lipinski definition) is 0. The lowest BCUT2D eigenvalue weighted by molar-refractivity contribution is -0.144. The predicted octanol–water partition coefficient (Wildman–Crippen LogP) is 8.29. The van der Waals surface area contributed by atoms with Crippen molar-refractivity contribution in [3.63, 3.8) is 0 Å². The van der Waals surface area contributed by atoms with Crippen molar-refractivity contribution in [2.45, 2.75) is 105 Å². The fourth-order valence-electron chi connectivity index (χ4n) is 3.69. The van der Waals surface area contributed by atoms with E-state index < -0.39 is 9.04 Å². The number of hydrogen-bond acceptors (Lipinski definition) is 3. The Bertz CT molecular complexity index is 716. The van der Waals surface area contributed by atoms with Crippen molar-refractivity contribution < 1.29 is 14.0 Å². The maximum atomic E-state index is 11.5. The van der Waals surface area contributed by atoms with Crippen molar-refractivity contribution in [2.24, 2.45) is 5.41 Å². The third-order valence-electron chi connectivity index (χ3n) is 5.24. The van der Waals surface area contributed by atoms with Gasteiger partial charge in [-0.25, -0.2) is 0 Å². The Morgan fingerprint density at radius 2 is 1.75 bits per heavy atom. The van der Waals surface area contributed by atoms with Gasteiger partial charge in [0, 0.05) is 6.92 Å². The van der Waals surface area contributed by atoms with E-state index in [0.29, 0.717) is 0 Å². The molecule has 3 nitrogen and oxygen atoms in total. The minimum atomic E-state index is -0.800. The molecule has 0 fully saturated rings.